The number of hydrogen-bond acceptors (Lipinski definition) is 4. The summed E-state index contributed by atoms with van der Waals surface area (Å²) in [4.78, 5) is 22.7. The largest absolute Gasteiger partial charge is 0.480 e. The highest BCUT2D eigenvalue weighted by molar-refractivity contribution is 8.01. The maximum Gasteiger partial charge on any atom is 0.326 e. The van der Waals surface area contributed by atoms with Crippen LogP contribution in [0.3, 0.4) is 0 Å². The van der Waals surface area contributed by atoms with E-state index in [9.17, 15) is 9.59 Å². The van der Waals surface area contributed by atoms with Crippen LogP contribution in [0.4, 0.5) is 0 Å². The molecule has 1 saturated heterocycles. The van der Waals surface area contributed by atoms with Crippen LogP contribution in [0.25, 0.3) is 0 Å². The van der Waals surface area contributed by atoms with Crippen LogP contribution in [0.5, 0.6) is 0 Å². The molecule has 1 heterocycles. The van der Waals surface area contributed by atoms with E-state index < -0.39 is 16.8 Å². The van der Waals surface area contributed by atoms with Crippen LogP contribution >= 0.6 is 11.8 Å². The van der Waals surface area contributed by atoms with Gasteiger partial charge in [0, 0.05) is 13.0 Å². The monoisotopic (exact) mass is 247 g/mol. The first-order valence-corrected chi connectivity index (χ1v) is 6.27. The van der Waals surface area contributed by atoms with Gasteiger partial charge < -0.3 is 15.5 Å². The molecule has 0 aromatic rings. The highest BCUT2D eigenvalue weighted by Gasteiger charge is 2.38. The zero-order valence-corrected chi connectivity index (χ0v) is 10.0. The predicted molar refractivity (Wildman–Crippen MR) is 61.4 cm³/mol. The molecule has 16 heavy (non-hydrogen) atoms. The summed E-state index contributed by atoms with van der Waals surface area (Å²) in [6.45, 7) is 1.58. The van der Waals surface area contributed by atoms with Gasteiger partial charge in [0.05, 0.1) is 4.75 Å². The Morgan fingerprint density at radius 3 is 2.69 bits per heavy atom. The third-order valence-corrected chi connectivity index (χ3v) is 4.24. The lowest BCUT2D eigenvalue weighted by atomic mass is 10.0. The molecule has 1 aliphatic heterocycles. The molecule has 1 rings (SSSR count). The first-order valence-electron chi connectivity index (χ1n) is 5.28. The fraction of sp³-hybridized carbons (Fsp3) is 0.800. The molecule has 0 saturated carbocycles. The summed E-state index contributed by atoms with van der Waals surface area (Å²) in [6, 6.07) is -0.990. The Labute approximate surface area is 98.6 Å². The van der Waals surface area contributed by atoms with Gasteiger partial charge in [-0.3, -0.25) is 4.79 Å². The van der Waals surface area contributed by atoms with Gasteiger partial charge in [-0.05, 0) is 25.5 Å². The van der Waals surface area contributed by atoms with E-state index in [-0.39, 0.29) is 18.9 Å². The molecular formula is C10H17NO4S. The number of aliphatic carboxylic acids is 1. The molecule has 2 atom stereocenters. The van der Waals surface area contributed by atoms with Crippen LogP contribution in [-0.4, -0.2) is 45.2 Å². The van der Waals surface area contributed by atoms with Gasteiger partial charge in [-0.2, -0.15) is 0 Å². The van der Waals surface area contributed by atoms with Crippen molar-refractivity contribution in [3.05, 3.63) is 0 Å². The van der Waals surface area contributed by atoms with Crippen LogP contribution < -0.4 is 5.32 Å². The topological polar surface area (TPSA) is 86.6 Å². The van der Waals surface area contributed by atoms with Gasteiger partial charge in [-0.1, -0.05) is 0 Å². The molecule has 92 valence electrons. The average Bonchev–Trinajstić information content (AvgIpc) is 2.65. The Kier molecular flexibility index (Phi) is 4.61. The number of carboxylic acid groups (broad SMARTS) is 1. The number of carbonyl (C=O) groups excluding carboxylic acids is 1. The van der Waals surface area contributed by atoms with Gasteiger partial charge in [0.2, 0.25) is 5.91 Å². The minimum Gasteiger partial charge on any atom is -0.480 e. The smallest absolute Gasteiger partial charge is 0.326 e. The summed E-state index contributed by atoms with van der Waals surface area (Å²) in [5.41, 5.74) is 0. The molecule has 0 bridgehead atoms. The van der Waals surface area contributed by atoms with Crippen molar-refractivity contribution in [1.82, 2.24) is 5.32 Å². The molecule has 0 spiro atoms. The third-order valence-electron chi connectivity index (χ3n) is 2.72. The van der Waals surface area contributed by atoms with Crippen molar-refractivity contribution in [2.45, 2.75) is 37.0 Å². The lowest BCUT2D eigenvalue weighted by Gasteiger charge is -2.24. The lowest BCUT2D eigenvalue weighted by molar-refractivity contribution is -0.142. The van der Waals surface area contributed by atoms with Gasteiger partial charge in [0.1, 0.15) is 6.04 Å². The number of rotatable bonds is 5. The minimum atomic E-state index is -1.10. The number of thioether (sulfide) groups is 1. The number of carbonyl (C=O) groups is 2. The van der Waals surface area contributed by atoms with E-state index in [1.807, 2.05) is 6.92 Å². The maximum atomic E-state index is 11.9. The standard InChI is InChI=1S/C10H17NO4S/c1-10(4-2-6-16-10)9(15)11-7(3-5-12)8(13)14/h7,12H,2-6H2,1H3,(H,11,15)(H,13,14). The number of nitrogens with one attached hydrogen (secondary N) is 1. The number of amides is 1. The van der Waals surface area contributed by atoms with E-state index in [1.54, 1.807) is 11.8 Å². The molecule has 3 N–H and O–H groups in total. The van der Waals surface area contributed by atoms with E-state index in [0.29, 0.717) is 0 Å². The Morgan fingerprint density at radius 1 is 1.56 bits per heavy atom. The molecule has 0 radical (unpaired) electrons. The van der Waals surface area contributed by atoms with Crippen molar-refractivity contribution >= 4 is 23.6 Å². The molecule has 0 aromatic heterocycles. The van der Waals surface area contributed by atoms with Gasteiger partial charge >= 0.3 is 5.97 Å². The van der Waals surface area contributed by atoms with E-state index in [0.717, 1.165) is 18.6 Å². The summed E-state index contributed by atoms with van der Waals surface area (Å²) in [5.74, 6) is -0.411. The van der Waals surface area contributed by atoms with E-state index in [2.05, 4.69) is 5.32 Å². The third kappa shape index (κ3) is 3.12. The normalized spacial score (nSPS) is 26.4. The molecule has 5 nitrogen and oxygen atoms in total. The van der Waals surface area contributed by atoms with Crippen molar-refractivity contribution in [3.63, 3.8) is 0 Å². The van der Waals surface area contributed by atoms with Crippen LogP contribution in [0, 0.1) is 0 Å². The second-order valence-electron chi connectivity index (χ2n) is 4.06. The Bertz CT molecular complexity index is 276. The highest BCUT2D eigenvalue weighted by atomic mass is 32.2. The minimum absolute atomic E-state index is 0.0435. The number of hydrogen-bond donors (Lipinski definition) is 3. The van der Waals surface area contributed by atoms with Crippen LogP contribution in [0.15, 0.2) is 0 Å². The fourth-order valence-corrected chi connectivity index (χ4v) is 2.87. The van der Waals surface area contributed by atoms with E-state index in [1.165, 1.54) is 0 Å². The Balaban J connectivity index is 2.57. The fourth-order valence-electron chi connectivity index (χ4n) is 1.66. The number of carboxylic acids is 1. The highest BCUT2D eigenvalue weighted by Crippen LogP contribution is 2.37. The molecule has 0 aromatic carbocycles. The Hall–Kier alpha value is -0.750. The van der Waals surface area contributed by atoms with Gasteiger partial charge in [0.25, 0.3) is 0 Å². The van der Waals surface area contributed by atoms with Gasteiger partial charge in [0.15, 0.2) is 0 Å². The summed E-state index contributed by atoms with van der Waals surface area (Å²) in [7, 11) is 0. The quantitative estimate of drug-likeness (QED) is 0.647. The summed E-state index contributed by atoms with van der Waals surface area (Å²) in [5, 5.41) is 20.0. The number of aliphatic hydroxyl groups excluding tert-OH is 1. The molecule has 1 fully saturated rings. The van der Waals surface area contributed by atoms with E-state index >= 15 is 0 Å². The summed E-state index contributed by atoms with van der Waals surface area (Å²) >= 11 is 1.56. The zero-order chi connectivity index (χ0) is 12.2. The Morgan fingerprint density at radius 2 is 2.25 bits per heavy atom. The molecule has 1 aliphatic rings. The second kappa shape index (κ2) is 5.54. The number of aliphatic hydroxyl groups is 1. The van der Waals surface area contributed by atoms with Gasteiger partial charge in [-0.15, -0.1) is 11.8 Å². The molecule has 0 aliphatic carbocycles. The van der Waals surface area contributed by atoms with Crippen LogP contribution in [0.1, 0.15) is 26.2 Å². The van der Waals surface area contributed by atoms with Crippen molar-refractivity contribution in [1.29, 1.82) is 0 Å². The van der Waals surface area contributed by atoms with Crippen molar-refractivity contribution < 1.29 is 19.8 Å². The second-order valence-corrected chi connectivity index (χ2v) is 5.66. The zero-order valence-electron chi connectivity index (χ0n) is 9.23. The molecule has 6 heteroatoms. The van der Waals surface area contributed by atoms with Crippen molar-refractivity contribution in [2.75, 3.05) is 12.4 Å². The van der Waals surface area contributed by atoms with Crippen LogP contribution in [0.2, 0.25) is 0 Å². The van der Waals surface area contributed by atoms with Crippen molar-refractivity contribution in [3.8, 4) is 0 Å². The molecular weight excluding hydrogens is 230 g/mol. The van der Waals surface area contributed by atoms with Crippen LogP contribution in [-0.2, 0) is 9.59 Å². The molecule has 2 unspecified atom stereocenters. The summed E-state index contributed by atoms with van der Waals surface area (Å²) in [6.07, 6.45) is 1.79. The summed E-state index contributed by atoms with van der Waals surface area (Å²) < 4.78 is -0.511. The maximum absolute atomic E-state index is 11.9. The van der Waals surface area contributed by atoms with Gasteiger partial charge in [-0.25, -0.2) is 4.79 Å². The SMILES string of the molecule is CC1(C(=O)NC(CCO)C(=O)O)CCCS1. The first kappa shape index (κ1) is 13.3. The lowest BCUT2D eigenvalue weighted by Crippen LogP contribution is -2.48. The predicted octanol–water partition coefficient (Wildman–Crippen LogP) is 0.224. The molecule has 1 amide bonds. The van der Waals surface area contributed by atoms with Crippen molar-refractivity contribution in [2.24, 2.45) is 0 Å². The van der Waals surface area contributed by atoms with E-state index in [4.69, 9.17) is 10.2 Å². The first-order chi connectivity index (χ1) is 7.49. The average molecular weight is 247 g/mol.